The van der Waals surface area contributed by atoms with Crippen LogP contribution < -0.4 is 11.1 Å². The summed E-state index contributed by atoms with van der Waals surface area (Å²) in [7, 11) is 1.25. The fraction of sp³-hybridized carbons (Fsp3) is 0.200. The highest BCUT2D eigenvalue weighted by molar-refractivity contribution is 9.10. The van der Waals surface area contributed by atoms with Gasteiger partial charge in [0.15, 0.2) is 0 Å². The second kappa shape index (κ2) is 5.50. The largest absolute Gasteiger partial charge is 0.468 e. The number of carbonyl (C=O) groups is 2. The van der Waals surface area contributed by atoms with Gasteiger partial charge >= 0.3 is 5.97 Å². The Kier molecular flexibility index (Phi) is 4.30. The summed E-state index contributed by atoms with van der Waals surface area (Å²) in [6.07, 6.45) is 0. The van der Waals surface area contributed by atoms with E-state index in [0.29, 0.717) is 15.7 Å². The van der Waals surface area contributed by atoms with E-state index in [0.717, 1.165) is 0 Å². The van der Waals surface area contributed by atoms with E-state index < -0.39 is 5.97 Å². The first-order valence-corrected chi connectivity index (χ1v) is 5.24. The Morgan fingerprint density at radius 2 is 2.19 bits per heavy atom. The predicted octanol–water partition coefficient (Wildman–Crippen LogP) is 0.934. The van der Waals surface area contributed by atoms with E-state index in [1.54, 1.807) is 12.1 Å². The minimum Gasteiger partial charge on any atom is -0.468 e. The molecule has 0 spiro atoms. The topological polar surface area (TPSA) is 81.4 Å². The molecule has 0 radical (unpaired) electrons. The zero-order chi connectivity index (χ0) is 12.1. The molecular weight excluding hydrogens is 276 g/mol. The molecule has 86 valence electrons. The summed E-state index contributed by atoms with van der Waals surface area (Å²) in [6, 6.07) is 4.86. The SMILES string of the molecule is COC(=O)CNC(=O)c1cc(N)ccc1Br. The number of hydrogen-bond donors (Lipinski definition) is 2. The number of benzene rings is 1. The van der Waals surface area contributed by atoms with Crippen molar-refractivity contribution >= 4 is 33.5 Å². The first-order chi connectivity index (χ1) is 7.54. The molecule has 6 heteroatoms. The Balaban J connectivity index is 2.73. The van der Waals surface area contributed by atoms with Crippen molar-refractivity contribution < 1.29 is 14.3 Å². The molecular formula is C10H11BrN2O3. The van der Waals surface area contributed by atoms with E-state index in [9.17, 15) is 9.59 Å². The highest BCUT2D eigenvalue weighted by Gasteiger charge is 2.11. The second-order valence-electron chi connectivity index (χ2n) is 3.00. The number of ether oxygens (including phenoxy) is 1. The Bertz CT molecular complexity index is 421. The quantitative estimate of drug-likeness (QED) is 0.640. The van der Waals surface area contributed by atoms with Gasteiger partial charge in [-0.1, -0.05) is 0 Å². The van der Waals surface area contributed by atoms with Crippen molar-refractivity contribution in [3.8, 4) is 0 Å². The van der Waals surface area contributed by atoms with Crippen LogP contribution in [0.25, 0.3) is 0 Å². The van der Waals surface area contributed by atoms with E-state index in [4.69, 9.17) is 5.73 Å². The van der Waals surface area contributed by atoms with Crippen LogP contribution in [0.5, 0.6) is 0 Å². The summed E-state index contributed by atoms with van der Waals surface area (Å²) in [6.45, 7) is -0.170. The lowest BCUT2D eigenvalue weighted by molar-refractivity contribution is -0.139. The van der Waals surface area contributed by atoms with Gasteiger partial charge in [-0.05, 0) is 34.1 Å². The monoisotopic (exact) mass is 286 g/mol. The lowest BCUT2D eigenvalue weighted by Gasteiger charge is -2.06. The molecule has 0 saturated carbocycles. The summed E-state index contributed by atoms with van der Waals surface area (Å²) in [5.41, 5.74) is 6.41. The van der Waals surface area contributed by atoms with Gasteiger partial charge in [0, 0.05) is 10.2 Å². The summed E-state index contributed by atoms with van der Waals surface area (Å²) < 4.78 is 5.02. The van der Waals surface area contributed by atoms with Crippen molar-refractivity contribution in [2.45, 2.75) is 0 Å². The van der Waals surface area contributed by atoms with E-state index in [-0.39, 0.29) is 12.5 Å². The van der Waals surface area contributed by atoms with Gasteiger partial charge in [-0.25, -0.2) is 0 Å². The minimum absolute atomic E-state index is 0.170. The van der Waals surface area contributed by atoms with Crippen LogP contribution in [0.4, 0.5) is 5.69 Å². The molecule has 0 unspecified atom stereocenters. The normalized spacial score (nSPS) is 9.62. The van der Waals surface area contributed by atoms with Crippen molar-refractivity contribution in [3.63, 3.8) is 0 Å². The maximum Gasteiger partial charge on any atom is 0.325 e. The molecule has 0 aromatic heterocycles. The third-order valence-corrected chi connectivity index (χ3v) is 2.55. The van der Waals surface area contributed by atoms with E-state index in [1.165, 1.54) is 13.2 Å². The van der Waals surface area contributed by atoms with Gasteiger partial charge in [0.05, 0.1) is 12.7 Å². The molecule has 0 aliphatic carbocycles. The van der Waals surface area contributed by atoms with Crippen molar-refractivity contribution in [2.75, 3.05) is 19.4 Å². The van der Waals surface area contributed by atoms with E-state index >= 15 is 0 Å². The van der Waals surface area contributed by atoms with Crippen molar-refractivity contribution in [1.29, 1.82) is 0 Å². The number of nitrogen functional groups attached to an aromatic ring is 1. The molecule has 1 amide bonds. The molecule has 0 atom stereocenters. The lowest BCUT2D eigenvalue weighted by atomic mass is 10.2. The van der Waals surface area contributed by atoms with Gasteiger partial charge < -0.3 is 15.8 Å². The number of esters is 1. The number of anilines is 1. The minimum atomic E-state index is -0.506. The summed E-state index contributed by atoms with van der Waals surface area (Å²) >= 11 is 3.22. The van der Waals surface area contributed by atoms with Gasteiger partial charge in [0.2, 0.25) is 0 Å². The number of halogens is 1. The summed E-state index contributed by atoms with van der Waals surface area (Å²) in [4.78, 5) is 22.5. The molecule has 5 nitrogen and oxygen atoms in total. The molecule has 3 N–H and O–H groups in total. The molecule has 1 rings (SSSR count). The van der Waals surface area contributed by atoms with Crippen LogP contribution in [0.2, 0.25) is 0 Å². The summed E-state index contributed by atoms with van der Waals surface area (Å²) in [5.74, 6) is -0.891. The highest BCUT2D eigenvalue weighted by atomic mass is 79.9. The van der Waals surface area contributed by atoms with Gasteiger partial charge in [0.1, 0.15) is 6.54 Å². The summed E-state index contributed by atoms with van der Waals surface area (Å²) in [5, 5.41) is 2.42. The van der Waals surface area contributed by atoms with Gasteiger partial charge in [-0.2, -0.15) is 0 Å². The zero-order valence-electron chi connectivity index (χ0n) is 8.62. The van der Waals surface area contributed by atoms with Gasteiger partial charge in [-0.15, -0.1) is 0 Å². The smallest absolute Gasteiger partial charge is 0.325 e. The molecule has 0 fully saturated rings. The molecule has 16 heavy (non-hydrogen) atoms. The molecule has 0 heterocycles. The van der Waals surface area contributed by atoms with E-state index in [1.807, 2.05) is 0 Å². The average molecular weight is 287 g/mol. The van der Waals surface area contributed by atoms with Crippen LogP contribution in [0.15, 0.2) is 22.7 Å². The standard InChI is InChI=1S/C10H11BrN2O3/c1-16-9(14)5-13-10(15)7-4-6(12)2-3-8(7)11/h2-4H,5,12H2,1H3,(H,13,15). The van der Waals surface area contributed by atoms with Crippen molar-refractivity contribution in [3.05, 3.63) is 28.2 Å². The van der Waals surface area contributed by atoms with E-state index in [2.05, 4.69) is 26.0 Å². The van der Waals surface area contributed by atoms with Gasteiger partial charge in [0.25, 0.3) is 5.91 Å². The Morgan fingerprint density at radius 3 is 2.81 bits per heavy atom. The third kappa shape index (κ3) is 3.23. The Labute approximate surface area is 101 Å². The zero-order valence-corrected chi connectivity index (χ0v) is 10.2. The number of nitrogens with one attached hydrogen (secondary N) is 1. The fourth-order valence-corrected chi connectivity index (χ4v) is 1.46. The number of amides is 1. The van der Waals surface area contributed by atoms with Crippen molar-refractivity contribution in [1.82, 2.24) is 5.32 Å². The number of hydrogen-bond acceptors (Lipinski definition) is 4. The second-order valence-corrected chi connectivity index (χ2v) is 3.85. The van der Waals surface area contributed by atoms with Crippen LogP contribution in [0, 0.1) is 0 Å². The average Bonchev–Trinajstić information content (AvgIpc) is 2.28. The molecule has 0 saturated heterocycles. The Morgan fingerprint density at radius 1 is 1.50 bits per heavy atom. The maximum absolute atomic E-state index is 11.6. The first kappa shape index (κ1) is 12.5. The number of methoxy groups -OCH3 is 1. The fourth-order valence-electron chi connectivity index (χ4n) is 1.04. The molecule has 1 aromatic rings. The lowest BCUT2D eigenvalue weighted by Crippen LogP contribution is -2.30. The molecule has 0 aliphatic heterocycles. The van der Waals surface area contributed by atoms with Crippen LogP contribution in [0.1, 0.15) is 10.4 Å². The van der Waals surface area contributed by atoms with Crippen LogP contribution in [-0.2, 0) is 9.53 Å². The maximum atomic E-state index is 11.6. The number of nitrogens with two attached hydrogens (primary N) is 1. The predicted molar refractivity (Wildman–Crippen MR) is 62.9 cm³/mol. The number of carbonyl (C=O) groups excluding carboxylic acids is 2. The molecule has 0 aliphatic rings. The molecule has 1 aromatic carbocycles. The van der Waals surface area contributed by atoms with Crippen LogP contribution in [-0.4, -0.2) is 25.5 Å². The molecule has 0 bridgehead atoms. The van der Waals surface area contributed by atoms with Crippen molar-refractivity contribution in [2.24, 2.45) is 0 Å². The first-order valence-electron chi connectivity index (χ1n) is 4.44. The van der Waals surface area contributed by atoms with Crippen LogP contribution in [0.3, 0.4) is 0 Å². The van der Waals surface area contributed by atoms with Gasteiger partial charge in [-0.3, -0.25) is 9.59 Å². The number of rotatable bonds is 3. The highest BCUT2D eigenvalue weighted by Crippen LogP contribution is 2.19. The van der Waals surface area contributed by atoms with Crippen LogP contribution >= 0.6 is 15.9 Å². The third-order valence-electron chi connectivity index (χ3n) is 1.86. The Hall–Kier alpha value is -1.56.